The maximum absolute atomic E-state index is 10.2. The van der Waals surface area contributed by atoms with Crippen molar-refractivity contribution in [2.24, 2.45) is 0 Å². The second-order valence-electron chi connectivity index (χ2n) is 1.73. The molecule has 1 N–H and O–H groups in total. The standard InChI is InChI=1S/C4H6O5S/c1-3(5)2-4(6)10(7,8)9/h2H2,1H3,(H,7,8,9). The highest BCUT2D eigenvalue weighted by Gasteiger charge is 2.19. The summed E-state index contributed by atoms with van der Waals surface area (Å²) in [6.07, 6.45) is -0.765. The molecule has 0 aliphatic carbocycles. The van der Waals surface area contributed by atoms with E-state index in [1.807, 2.05) is 0 Å². The molecule has 6 heteroatoms. The molecule has 0 rings (SSSR count). The average Bonchev–Trinajstić information content (AvgIpc) is 1.60. The fourth-order valence-corrected chi connectivity index (χ4v) is 0.680. The summed E-state index contributed by atoms with van der Waals surface area (Å²) in [7, 11) is -4.66. The summed E-state index contributed by atoms with van der Waals surface area (Å²) in [6, 6.07) is 0. The molecule has 0 aromatic carbocycles. The van der Waals surface area contributed by atoms with Crippen molar-refractivity contribution in [3.8, 4) is 0 Å². The van der Waals surface area contributed by atoms with Crippen LogP contribution in [0.25, 0.3) is 0 Å². The predicted octanol–water partition coefficient (Wildman–Crippen LogP) is -0.620. The first-order valence-electron chi connectivity index (χ1n) is 2.34. The van der Waals surface area contributed by atoms with Crippen LogP contribution in [-0.2, 0) is 19.7 Å². The molecule has 0 heterocycles. The lowest BCUT2D eigenvalue weighted by Gasteiger charge is -1.89. The van der Waals surface area contributed by atoms with Crippen molar-refractivity contribution in [1.82, 2.24) is 0 Å². The normalized spacial score (nSPS) is 11.0. The van der Waals surface area contributed by atoms with Crippen LogP contribution in [0, 0.1) is 0 Å². The smallest absolute Gasteiger partial charge is 0.299 e. The van der Waals surface area contributed by atoms with Crippen molar-refractivity contribution >= 4 is 21.0 Å². The molecule has 0 atom stereocenters. The topological polar surface area (TPSA) is 88.5 Å². The van der Waals surface area contributed by atoms with Crippen molar-refractivity contribution in [3.63, 3.8) is 0 Å². The Labute approximate surface area is 57.8 Å². The van der Waals surface area contributed by atoms with E-state index in [9.17, 15) is 18.0 Å². The zero-order chi connectivity index (χ0) is 8.36. The molecule has 0 amide bonds. The van der Waals surface area contributed by atoms with E-state index in [0.29, 0.717) is 0 Å². The van der Waals surface area contributed by atoms with Gasteiger partial charge in [-0.1, -0.05) is 0 Å². The van der Waals surface area contributed by atoms with Crippen LogP contribution in [0.5, 0.6) is 0 Å². The highest BCUT2D eigenvalue weighted by molar-refractivity contribution is 8.01. The molecular formula is C4H6O5S. The van der Waals surface area contributed by atoms with E-state index in [4.69, 9.17) is 4.55 Å². The van der Waals surface area contributed by atoms with Gasteiger partial charge in [0.25, 0.3) is 5.12 Å². The summed E-state index contributed by atoms with van der Waals surface area (Å²) in [5, 5.41) is -1.46. The first-order chi connectivity index (χ1) is 4.34. The maximum Gasteiger partial charge on any atom is 0.329 e. The first-order valence-corrected chi connectivity index (χ1v) is 3.78. The van der Waals surface area contributed by atoms with Crippen LogP contribution in [-0.4, -0.2) is 23.9 Å². The van der Waals surface area contributed by atoms with Crippen LogP contribution in [0.15, 0.2) is 0 Å². The van der Waals surface area contributed by atoms with Gasteiger partial charge in [0.05, 0.1) is 6.42 Å². The maximum atomic E-state index is 10.2. The molecule has 0 saturated heterocycles. The van der Waals surface area contributed by atoms with Crippen molar-refractivity contribution in [2.75, 3.05) is 0 Å². The Hall–Kier alpha value is -0.750. The van der Waals surface area contributed by atoms with Gasteiger partial charge in [-0.25, -0.2) is 0 Å². The molecule has 0 fully saturated rings. The van der Waals surface area contributed by atoms with Gasteiger partial charge in [0.2, 0.25) is 0 Å². The van der Waals surface area contributed by atoms with E-state index in [0.717, 1.165) is 6.92 Å². The number of carbonyl (C=O) groups excluding carboxylic acids is 2. The summed E-state index contributed by atoms with van der Waals surface area (Å²) >= 11 is 0. The van der Waals surface area contributed by atoms with Gasteiger partial charge in [-0.05, 0) is 6.92 Å². The molecule has 0 bridgehead atoms. The molecule has 10 heavy (non-hydrogen) atoms. The Kier molecular flexibility index (Phi) is 2.67. The molecule has 0 spiro atoms. The molecule has 0 unspecified atom stereocenters. The van der Waals surface area contributed by atoms with Gasteiger partial charge in [-0.2, -0.15) is 8.42 Å². The van der Waals surface area contributed by atoms with Gasteiger partial charge >= 0.3 is 10.1 Å². The monoisotopic (exact) mass is 166 g/mol. The molecule has 0 aromatic heterocycles. The lowest BCUT2D eigenvalue weighted by molar-refractivity contribution is -0.122. The molecule has 0 aliphatic heterocycles. The lowest BCUT2D eigenvalue weighted by atomic mass is 10.3. The summed E-state index contributed by atoms with van der Waals surface area (Å²) in [5.74, 6) is -0.595. The van der Waals surface area contributed by atoms with Crippen LogP contribution < -0.4 is 0 Å². The molecule has 0 aromatic rings. The Balaban J connectivity index is 4.28. The number of Topliss-reactive ketones (excluding diaryl/α,β-unsaturated/α-hetero) is 1. The molecule has 0 radical (unpaired) electrons. The van der Waals surface area contributed by atoms with Gasteiger partial charge < -0.3 is 0 Å². The summed E-state index contributed by atoms with van der Waals surface area (Å²) in [6.45, 7) is 1.06. The quantitative estimate of drug-likeness (QED) is 0.436. The minimum Gasteiger partial charge on any atom is -0.299 e. The van der Waals surface area contributed by atoms with Crippen LogP contribution in [0.1, 0.15) is 13.3 Å². The van der Waals surface area contributed by atoms with Gasteiger partial charge in [0.15, 0.2) is 0 Å². The van der Waals surface area contributed by atoms with Crippen LogP contribution >= 0.6 is 0 Å². The average molecular weight is 166 g/mol. The Morgan fingerprint density at radius 2 is 1.80 bits per heavy atom. The third-order valence-corrected chi connectivity index (χ3v) is 1.40. The van der Waals surface area contributed by atoms with Gasteiger partial charge in [0, 0.05) is 0 Å². The van der Waals surface area contributed by atoms with E-state index < -0.39 is 27.4 Å². The fraction of sp³-hybridized carbons (Fsp3) is 0.500. The van der Waals surface area contributed by atoms with Crippen molar-refractivity contribution in [1.29, 1.82) is 0 Å². The Bertz CT molecular complexity index is 249. The van der Waals surface area contributed by atoms with Crippen molar-refractivity contribution in [3.05, 3.63) is 0 Å². The second-order valence-corrected chi connectivity index (χ2v) is 3.13. The molecule has 5 nitrogen and oxygen atoms in total. The molecular weight excluding hydrogens is 160 g/mol. The Morgan fingerprint density at radius 3 is 1.90 bits per heavy atom. The number of carbonyl (C=O) groups is 2. The number of rotatable bonds is 2. The number of hydrogen-bond donors (Lipinski definition) is 1. The van der Waals surface area contributed by atoms with Crippen LogP contribution in [0.3, 0.4) is 0 Å². The molecule has 0 saturated carbocycles. The van der Waals surface area contributed by atoms with E-state index in [1.54, 1.807) is 0 Å². The lowest BCUT2D eigenvalue weighted by Crippen LogP contribution is -2.15. The highest BCUT2D eigenvalue weighted by Crippen LogP contribution is 1.92. The third-order valence-electron chi connectivity index (χ3n) is 0.681. The summed E-state index contributed by atoms with van der Waals surface area (Å²) in [5.41, 5.74) is 0. The largest absolute Gasteiger partial charge is 0.329 e. The molecule has 58 valence electrons. The first kappa shape index (κ1) is 9.25. The van der Waals surface area contributed by atoms with Crippen molar-refractivity contribution < 1.29 is 22.6 Å². The van der Waals surface area contributed by atoms with Gasteiger partial charge in [0.1, 0.15) is 5.78 Å². The zero-order valence-electron chi connectivity index (χ0n) is 5.20. The minimum absolute atomic E-state index is 0.595. The SMILES string of the molecule is CC(=O)CC(=O)S(=O)(=O)O. The van der Waals surface area contributed by atoms with Gasteiger partial charge in [-0.15, -0.1) is 0 Å². The fourth-order valence-electron chi connectivity index (χ4n) is 0.294. The molecule has 0 aliphatic rings. The number of hydrogen-bond acceptors (Lipinski definition) is 4. The zero-order valence-corrected chi connectivity index (χ0v) is 6.01. The minimum atomic E-state index is -4.66. The van der Waals surface area contributed by atoms with Crippen LogP contribution in [0.4, 0.5) is 0 Å². The van der Waals surface area contributed by atoms with Gasteiger partial charge in [-0.3, -0.25) is 14.1 Å². The van der Waals surface area contributed by atoms with Crippen molar-refractivity contribution in [2.45, 2.75) is 13.3 Å². The summed E-state index contributed by atoms with van der Waals surface area (Å²) < 4.78 is 27.8. The van der Waals surface area contributed by atoms with E-state index in [-0.39, 0.29) is 0 Å². The van der Waals surface area contributed by atoms with E-state index >= 15 is 0 Å². The number of ketones is 1. The predicted molar refractivity (Wildman–Crippen MR) is 31.9 cm³/mol. The van der Waals surface area contributed by atoms with Crippen LogP contribution in [0.2, 0.25) is 0 Å². The highest BCUT2D eigenvalue weighted by atomic mass is 32.2. The second kappa shape index (κ2) is 2.89. The van der Waals surface area contributed by atoms with E-state index in [1.165, 1.54) is 0 Å². The Morgan fingerprint density at radius 1 is 1.40 bits per heavy atom. The van der Waals surface area contributed by atoms with E-state index in [2.05, 4.69) is 0 Å². The third kappa shape index (κ3) is 3.31. The summed E-state index contributed by atoms with van der Waals surface area (Å²) in [4.78, 5) is 20.3.